The summed E-state index contributed by atoms with van der Waals surface area (Å²) < 4.78 is 11.8. The molecule has 24 heavy (non-hydrogen) atoms. The minimum atomic E-state index is -0.247. The zero-order valence-corrected chi connectivity index (χ0v) is 14.5. The number of amides is 1. The van der Waals surface area contributed by atoms with Crippen LogP contribution in [-0.4, -0.2) is 42.1 Å². The van der Waals surface area contributed by atoms with E-state index in [0.717, 1.165) is 51.2 Å². The monoisotopic (exact) mass is 332 g/mol. The van der Waals surface area contributed by atoms with E-state index in [-0.39, 0.29) is 17.6 Å². The van der Waals surface area contributed by atoms with Crippen LogP contribution >= 0.6 is 0 Å². The lowest BCUT2D eigenvalue weighted by Crippen LogP contribution is -2.51. The molecule has 2 aliphatic heterocycles. The lowest BCUT2D eigenvalue weighted by atomic mass is 9.80. The second-order valence-corrected chi connectivity index (χ2v) is 7.86. The van der Waals surface area contributed by atoms with Crippen molar-refractivity contribution in [3.05, 3.63) is 24.2 Å². The molecule has 132 valence electrons. The Hall–Kier alpha value is -1.33. The number of rotatable bonds is 5. The molecule has 1 spiro atoms. The van der Waals surface area contributed by atoms with Crippen molar-refractivity contribution in [2.75, 3.05) is 19.6 Å². The fourth-order valence-corrected chi connectivity index (χ4v) is 4.19. The Labute approximate surface area is 143 Å². The first kappa shape index (κ1) is 16.2. The van der Waals surface area contributed by atoms with Gasteiger partial charge in [-0.1, -0.05) is 6.92 Å². The van der Waals surface area contributed by atoms with Gasteiger partial charge < -0.3 is 14.5 Å². The van der Waals surface area contributed by atoms with E-state index in [1.54, 1.807) is 6.26 Å². The van der Waals surface area contributed by atoms with Crippen LogP contribution in [-0.2, 0) is 16.1 Å². The Kier molecular flexibility index (Phi) is 4.39. The minimum Gasteiger partial charge on any atom is -0.468 e. The first-order valence-electron chi connectivity index (χ1n) is 9.35. The van der Waals surface area contributed by atoms with E-state index in [1.807, 2.05) is 12.1 Å². The number of likely N-dealkylation sites (tertiary alicyclic amines) is 1. The quantitative estimate of drug-likeness (QED) is 0.900. The normalized spacial score (nSPS) is 33.9. The van der Waals surface area contributed by atoms with Gasteiger partial charge in [0.2, 0.25) is 5.91 Å². The van der Waals surface area contributed by atoms with Gasteiger partial charge in [0.1, 0.15) is 11.9 Å². The van der Waals surface area contributed by atoms with Gasteiger partial charge in [0.15, 0.2) is 0 Å². The van der Waals surface area contributed by atoms with Gasteiger partial charge in [0, 0.05) is 19.6 Å². The third-order valence-corrected chi connectivity index (χ3v) is 6.00. The SMILES string of the molecule is C[C@H]1CN(Cc2ccco2)CC[C@]12CC[C@@H](C(=O)NCC1CC1)O2. The van der Waals surface area contributed by atoms with Crippen molar-refractivity contribution < 1.29 is 13.9 Å². The van der Waals surface area contributed by atoms with Gasteiger partial charge >= 0.3 is 0 Å². The summed E-state index contributed by atoms with van der Waals surface area (Å²) in [7, 11) is 0. The van der Waals surface area contributed by atoms with Crippen LogP contribution < -0.4 is 5.32 Å². The summed E-state index contributed by atoms with van der Waals surface area (Å²) in [5.74, 6) is 2.27. The van der Waals surface area contributed by atoms with Crippen molar-refractivity contribution in [3.63, 3.8) is 0 Å². The molecule has 3 aliphatic rings. The Morgan fingerprint density at radius 3 is 2.96 bits per heavy atom. The first-order chi connectivity index (χ1) is 11.6. The zero-order chi connectivity index (χ0) is 16.6. The molecule has 5 nitrogen and oxygen atoms in total. The van der Waals surface area contributed by atoms with Crippen molar-refractivity contribution in [2.24, 2.45) is 11.8 Å². The molecular formula is C19H28N2O3. The molecule has 4 rings (SSSR count). The number of hydrogen-bond acceptors (Lipinski definition) is 4. The average Bonchev–Trinajstić information content (AvgIpc) is 3.07. The number of ether oxygens (including phenoxy) is 1. The molecule has 1 aliphatic carbocycles. The van der Waals surface area contributed by atoms with Gasteiger partial charge in [0.05, 0.1) is 18.4 Å². The molecule has 1 saturated carbocycles. The van der Waals surface area contributed by atoms with E-state index >= 15 is 0 Å². The van der Waals surface area contributed by atoms with Crippen LogP contribution in [0.2, 0.25) is 0 Å². The van der Waals surface area contributed by atoms with Crippen molar-refractivity contribution in [3.8, 4) is 0 Å². The summed E-state index contributed by atoms with van der Waals surface area (Å²) in [5.41, 5.74) is -0.110. The summed E-state index contributed by atoms with van der Waals surface area (Å²) >= 11 is 0. The molecule has 0 aromatic carbocycles. The van der Waals surface area contributed by atoms with Crippen LogP contribution in [0.4, 0.5) is 0 Å². The second-order valence-electron chi connectivity index (χ2n) is 7.86. The molecule has 3 fully saturated rings. The van der Waals surface area contributed by atoms with Crippen LogP contribution in [0.15, 0.2) is 22.8 Å². The molecule has 1 aromatic heterocycles. The molecule has 3 heterocycles. The first-order valence-corrected chi connectivity index (χ1v) is 9.35. The molecule has 2 saturated heterocycles. The summed E-state index contributed by atoms with van der Waals surface area (Å²) in [6, 6.07) is 3.97. The maximum absolute atomic E-state index is 12.3. The number of carbonyl (C=O) groups excluding carboxylic acids is 1. The number of nitrogens with one attached hydrogen (secondary N) is 1. The van der Waals surface area contributed by atoms with Crippen LogP contribution in [0, 0.1) is 11.8 Å². The molecule has 0 bridgehead atoms. The molecule has 0 radical (unpaired) electrons. The smallest absolute Gasteiger partial charge is 0.249 e. The highest BCUT2D eigenvalue weighted by Gasteiger charge is 2.48. The molecule has 3 atom stereocenters. The fraction of sp³-hybridized carbons (Fsp3) is 0.737. The number of hydrogen-bond donors (Lipinski definition) is 1. The Morgan fingerprint density at radius 1 is 1.38 bits per heavy atom. The van der Waals surface area contributed by atoms with Gasteiger partial charge in [-0.3, -0.25) is 9.69 Å². The lowest BCUT2D eigenvalue weighted by molar-refractivity contribution is -0.147. The Bertz CT molecular complexity index is 569. The molecule has 0 unspecified atom stereocenters. The van der Waals surface area contributed by atoms with Gasteiger partial charge in [0.25, 0.3) is 0 Å². The lowest BCUT2D eigenvalue weighted by Gasteiger charge is -2.44. The van der Waals surface area contributed by atoms with Crippen LogP contribution in [0.1, 0.15) is 44.8 Å². The van der Waals surface area contributed by atoms with Crippen molar-refractivity contribution in [2.45, 2.75) is 57.3 Å². The maximum atomic E-state index is 12.3. The summed E-state index contributed by atoms with van der Waals surface area (Å²) in [6.45, 7) is 5.95. The predicted octanol–water partition coefficient (Wildman–Crippen LogP) is 2.57. The molecule has 1 amide bonds. The van der Waals surface area contributed by atoms with Gasteiger partial charge in [-0.05, 0) is 56.1 Å². The van der Waals surface area contributed by atoms with Crippen LogP contribution in [0.25, 0.3) is 0 Å². The number of piperidine rings is 1. The maximum Gasteiger partial charge on any atom is 0.249 e. The van der Waals surface area contributed by atoms with E-state index in [1.165, 1.54) is 12.8 Å². The third kappa shape index (κ3) is 3.38. The standard InChI is InChI=1S/C19H28N2O3/c1-14-12-21(13-16-3-2-10-23-16)9-8-19(14)7-6-17(24-19)18(22)20-11-15-4-5-15/h2-3,10,14-15,17H,4-9,11-13H2,1H3,(H,20,22)/t14-,17-,19+/m0/s1. The van der Waals surface area contributed by atoms with Crippen molar-refractivity contribution in [1.29, 1.82) is 0 Å². The molecular weight excluding hydrogens is 304 g/mol. The number of furan rings is 1. The largest absolute Gasteiger partial charge is 0.468 e. The highest BCUT2D eigenvalue weighted by Crippen LogP contribution is 2.42. The number of carbonyl (C=O) groups is 1. The highest BCUT2D eigenvalue weighted by atomic mass is 16.5. The molecule has 1 aromatic rings. The van der Waals surface area contributed by atoms with Crippen molar-refractivity contribution >= 4 is 5.91 Å². The summed E-state index contributed by atoms with van der Waals surface area (Å²) in [6.07, 6.45) is 6.87. The van der Waals surface area contributed by atoms with E-state index in [9.17, 15) is 4.79 Å². The number of nitrogens with zero attached hydrogens (tertiary/aromatic N) is 1. The minimum absolute atomic E-state index is 0.101. The fourth-order valence-electron chi connectivity index (χ4n) is 4.19. The predicted molar refractivity (Wildman–Crippen MR) is 90.3 cm³/mol. The third-order valence-electron chi connectivity index (χ3n) is 6.00. The van der Waals surface area contributed by atoms with E-state index in [4.69, 9.17) is 9.15 Å². The topological polar surface area (TPSA) is 54.7 Å². The van der Waals surface area contributed by atoms with Crippen LogP contribution in [0.5, 0.6) is 0 Å². The average molecular weight is 332 g/mol. The van der Waals surface area contributed by atoms with Gasteiger partial charge in [-0.15, -0.1) is 0 Å². The van der Waals surface area contributed by atoms with E-state index in [0.29, 0.717) is 11.8 Å². The zero-order valence-electron chi connectivity index (χ0n) is 14.5. The summed E-state index contributed by atoms with van der Waals surface area (Å²) in [4.78, 5) is 14.8. The van der Waals surface area contributed by atoms with Crippen LogP contribution in [0.3, 0.4) is 0 Å². The van der Waals surface area contributed by atoms with E-state index in [2.05, 4.69) is 17.1 Å². The Balaban J connectivity index is 1.30. The van der Waals surface area contributed by atoms with Crippen molar-refractivity contribution in [1.82, 2.24) is 10.2 Å². The summed E-state index contributed by atoms with van der Waals surface area (Å²) in [5, 5.41) is 3.08. The molecule has 1 N–H and O–H groups in total. The molecule has 5 heteroatoms. The highest BCUT2D eigenvalue weighted by molar-refractivity contribution is 5.81. The van der Waals surface area contributed by atoms with Gasteiger partial charge in [-0.25, -0.2) is 0 Å². The van der Waals surface area contributed by atoms with Gasteiger partial charge in [-0.2, -0.15) is 0 Å². The van der Waals surface area contributed by atoms with E-state index < -0.39 is 0 Å². The second kappa shape index (κ2) is 6.52. The Morgan fingerprint density at radius 2 is 2.25 bits per heavy atom.